The Balaban J connectivity index is 1.67. The number of hydrogen-bond acceptors (Lipinski definition) is 4. The van der Waals surface area contributed by atoms with Gasteiger partial charge in [0.2, 0.25) is 5.91 Å². The number of nitrogens with zero attached hydrogens (tertiary/aromatic N) is 1. The molecule has 2 aromatic carbocycles. The summed E-state index contributed by atoms with van der Waals surface area (Å²) in [5.74, 6) is 0.712. The molecule has 0 aliphatic carbocycles. The highest BCUT2D eigenvalue weighted by atomic mass is 35.5. The number of aryl methyl sites for hydroxylation is 2. The Morgan fingerprint density at radius 1 is 1.14 bits per heavy atom. The minimum Gasteiger partial charge on any atom is -0.497 e. The maximum absolute atomic E-state index is 13.3. The number of rotatable bonds is 4. The second-order valence-electron chi connectivity index (χ2n) is 7.02. The third kappa shape index (κ3) is 3.95. The zero-order valence-electron chi connectivity index (χ0n) is 16.4. The lowest BCUT2D eigenvalue weighted by atomic mass is 10.0. The molecular weight excluding hydrogens is 406 g/mol. The van der Waals surface area contributed by atoms with Crippen molar-refractivity contribution in [3.8, 4) is 5.75 Å². The number of fused-ring (bicyclic) bond motifs is 1. The van der Waals surface area contributed by atoms with Crippen molar-refractivity contribution >= 4 is 35.0 Å². The Bertz CT molecular complexity index is 1050. The Kier molecular flexibility index (Phi) is 5.48. The van der Waals surface area contributed by atoms with Crippen molar-refractivity contribution in [2.45, 2.75) is 30.2 Å². The zero-order valence-corrected chi connectivity index (χ0v) is 18.0. The van der Waals surface area contributed by atoms with Gasteiger partial charge in [0, 0.05) is 16.4 Å². The zero-order chi connectivity index (χ0) is 20.5. The highest BCUT2D eigenvalue weighted by Gasteiger charge is 2.36. The van der Waals surface area contributed by atoms with Crippen LogP contribution in [-0.2, 0) is 4.79 Å². The Morgan fingerprint density at radius 3 is 2.62 bits per heavy atom. The molecule has 1 amide bonds. The van der Waals surface area contributed by atoms with Gasteiger partial charge in [0.1, 0.15) is 11.0 Å². The molecule has 2 heterocycles. The van der Waals surface area contributed by atoms with Crippen LogP contribution in [0.2, 0.25) is 5.02 Å². The molecule has 7 heteroatoms. The maximum atomic E-state index is 13.3. The van der Waals surface area contributed by atoms with Crippen LogP contribution in [0.1, 0.15) is 22.9 Å². The number of nitrogens with one attached hydrogen (secondary N) is 2. The molecule has 0 fully saturated rings. The number of ether oxygens (including phenoxy) is 1. The molecule has 0 radical (unpaired) electrons. The van der Waals surface area contributed by atoms with Crippen molar-refractivity contribution in [3.05, 3.63) is 76.4 Å². The smallest absolute Gasteiger partial charge is 0.240 e. The summed E-state index contributed by atoms with van der Waals surface area (Å²) in [5.41, 5.74) is 7.32. The molecule has 1 aliphatic heterocycles. The molecule has 1 aliphatic rings. The van der Waals surface area contributed by atoms with Gasteiger partial charge in [-0.25, -0.2) is 0 Å². The van der Waals surface area contributed by atoms with Crippen LogP contribution < -0.4 is 15.5 Å². The second-order valence-corrected chi connectivity index (χ2v) is 8.61. The largest absolute Gasteiger partial charge is 0.497 e. The van der Waals surface area contributed by atoms with E-state index in [-0.39, 0.29) is 17.2 Å². The lowest BCUT2D eigenvalue weighted by Crippen LogP contribution is -2.41. The lowest BCUT2D eigenvalue weighted by Gasteiger charge is -2.34. The molecule has 0 saturated carbocycles. The first-order valence-corrected chi connectivity index (χ1v) is 10.5. The summed E-state index contributed by atoms with van der Waals surface area (Å²) in [7, 11) is 1.64. The van der Waals surface area contributed by atoms with Crippen molar-refractivity contribution in [2.24, 2.45) is 0 Å². The highest BCUT2D eigenvalue weighted by Crippen LogP contribution is 2.39. The molecular formula is C22H22ClN3O2S. The number of anilines is 1. The molecule has 150 valence electrons. The predicted octanol–water partition coefficient (Wildman–Crippen LogP) is 5.16. The van der Waals surface area contributed by atoms with Crippen LogP contribution in [0.25, 0.3) is 0 Å². The number of amides is 1. The first kappa shape index (κ1) is 19.7. The number of methoxy groups -OCH3 is 1. The first-order chi connectivity index (χ1) is 14.0. The minimum absolute atomic E-state index is 0.0706. The van der Waals surface area contributed by atoms with Crippen molar-refractivity contribution in [1.82, 2.24) is 4.68 Å². The normalized spacial score (nSPS) is 17.9. The fraction of sp³-hybridized carbons (Fsp3) is 0.227. The monoisotopic (exact) mass is 427 g/mol. The van der Waals surface area contributed by atoms with E-state index in [2.05, 4.69) is 10.7 Å². The molecule has 4 rings (SSSR count). The minimum atomic E-state index is -0.358. The van der Waals surface area contributed by atoms with E-state index in [9.17, 15) is 4.79 Å². The number of aromatic nitrogens is 1. The summed E-state index contributed by atoms with van der Waals surface area (Å²) < 4.78 is 7.31. The van der Waals surface area contributed by atoms with Gasteiger partial charge in [-0.1, -0.05) is 41.6 Å². The molecule has 0 bridgehead atoms. The maximum Gasteiger partial charge on any atom is 0.240 e. The SMILES string of the molecule is COc1ccc([C@H]2Nn3c(C)ccc3S[C@H]2C(=O)Nc2cc(Cl)ccc2C)cc1. The third-order valence-electron chi connectivity index (χ3n) is 5.05. The Labute approximate surface area is 179 Å². The van der Waals surface area contributed by atoms with E-state index in [0.29, 0.717) is 5.02 Å². The van der Waals surface area contributed by atoms with Crippen LogP contribution in [0.4, 0.5) is 5.69 Å². The molecule has 2 atom stereocenters. The van der Waals surface area contributed by atoms with Crippen LogP contribution in [0.15, 0.2) is 59.6 Å². The van der Waals surface area contributed by atoms with Crippen molar-refractivity contribution in [2.75, 3.05) is 17.9 Å². The van der Waals surface area contributed by atoms with E-state index >= 15 is 0 Å². The van der Waals surface area contributed by atoms with Gasteiger partial charge in [-0.3, -0.25) is 9.47 Å². The molecule has 0 saturated heterocycles. The van der Waals surface area contributed by atoms with E-state index < -0.39 is 0 Å². The number of carbonyl (C=O) groups excluding carboxylic acids is 1. The number of benzene rings is 2. The summed E-state index contributed by atoms with van der Waals surface area (Å²) >= 11 is 7.68. The van der Waals surface area contributed by atoms with E-state index in [1.54, 1.807) is 24.9 Å². The summed E-state index contributed by atoms with van der Waals surface area (Å²) in [4.78, 5) is 13.3. The van der Waals surface area contributed by atoms with Crippen LogP contribution in [-0.4, -0.2) is 22.9 Å². The number of halogens is 1. The van der Waals surface area contributed by atoms with Crippen molar-refractivity contribution in [1.29, 1.82) is 0 Å². The molecule has 2 N–H and O–H groups in total. The molecule has 0 unspecified atom stereocenters. The number of hydrogen-bond donors (Lipinski definition) is 2. The van der Waals surface area contributed by atoms with Crippen molar-refractivity contribution < 1.29 is 9.53 Å². The number of carbonyl (C=O) groups is 1. The average Bonchev–Trinajstić information content (AvgIpc) is 3.10. The van der Waals surface area contributed by atoms with Gasteiger partial charge in [0.15, 0.2) is 0 Å². The predicted molar refractivity (Wildman–Crippen MR) is 119 cm³/mol. The van der Waals surface area contributed by atoms with Gasteiger partial charge in [-0.05, 0) is 61.4 Å². The standard InChI is InChI=1S/C22H22ClN3O2S/c1-13-4-8-16(23)12-18(13)24-22(27)21-20(15-6-9-17(28-3)10-7-15)25-26-14(2)5-11-19(26)29-21/h4-12,20-21,25H,1-3H3,(H,24,27)/t20-,21-/m1/s1. The third-order valence-corrected chi connectivity index (χ3v) is 6.59. The topological polar surface area (TPSA) is 55.3 Å². The van der Waals surface area contributed by atoms with Gasteiger partial charge in [0.05, 0.1) is 18.2 Å². The van der Waals surface area contributed by atoms with Crippen molar-refractivity contribution in [3.63, 3.8) is 0 Å². The highest BCUT2D eigenvalue weighted by molar-refractivity contribution is 8.00. The fourth-order valence-electron chi connectivity index (χ4n) is 3.38. The molecule has 1 aromatic heterocycles. The van der Waals surface area contributed by atoms with E-state index in [1.807, 2.05) is 67.1 Å². The average molecular weight is 428 g/mol. The summed E-state index contributed by atoms with van der Waals surface area (Å²) in [6.45, 7) is 3.99. The summed E-state index contributed by atoms with van der Waals surface area (Å²) in [6, 6.07) is 17.2. The molecule has 3 aromatic rings. The van der Waals surface area contributed by atoms with Gasteiger partial charge in [-0.2, -0.15) is 0 Å². The van der Waals surface area contributed by atoms with E-state index in [4.69, 9.17) is 16.3 Å². The molecule has 5 nitrogen and oxygen atoms in total. The lowest BCUT2D eigenvalue weighted by molar-refractivity contribution is -0.116. The van der Waals surface area contributed by atoms with Gasteiger partial charge >= 0.3 is 0 Å². The van der Waals surface area contributed by atoms with Gasteiger partial charge in [-0.15, -0.1) is 0 Å². The van der Waals surface area contributed by atoms with Crippen LogP contribution >= 0.6 is 23.4 Å². The van der Waals surface area contributed by atoms with Crippen LogP contribution in [0.5, 0.6) is 5.75 Å². The van der Waals surface area contributed by atoms with Crippen LogP contribution in [0, 0.1) is 13.8 Å². The number of thioether (sulfide) groups is 1. The fourth-order valence-corrected chi connectivity index (χ4v) is 4.78. The van der Waals surface area contributed by atoms with E-state index in [1.165, 1.54) is 0 Å². The van der Waals surface area contributed by atoms with Gasteiger partial charge < -0.3 is 15.5 Å². The summed E-state index contributed by atoms with van der Waals surface area (Å²) in [6.07, 6.45) is 0. The van der Waals surface area contributed by atoms with E-state index in [0.717, 1.165) is 33.3 Å². The quantitative estimate of drug-likeness (QED) is 0.603. The molecule has 29 heavy (non-hydrogen) atoms. The second kappa shape index (κ2) is 8.05. The Hall–Kier alpha value is -2.57. The first-order valence-electron chi connectivity index (χ1n) is 9.29. The van der Waals surface area contributed by atoms with Crippen LogP contribution in [0.3, 0.4) is 0 Å². The Morgan fingerprint density at radius 2 is 1.90 bits per heavy atom. The molecule has 0 spiro atoms. The summed E-state index contributed by atoms with van der Waals surface area (Å²) in [5, 5.41) is 4.31. The van der Waals surface area contributed by atoms with Gasteiger partial charge in [0.25, 0.3) is 0 Å².